The van der Waals surface area contributed by atoms with Crippen LogP contribution in [0.25, 0.3) is 0 Å². The fourth-order valence-corrected chi connectivity index (χ4v) is 1.32. The molecule has 3 heteroatoms. The summed E-state index contributed by atoms with van der Waals surface area (Å²) in [6, 6.07) is 7.60. The van der Waals surface area contributed by atoms with Gasteiger partial charge in [0, 0.05) is 5.02 Å². The van der Waals surface area contributed by atoms with E-state index in [1.165, 1.54) is 0 Å². The molecule has 0 spiro atoms. The summed E-state index contributed by atoms with van der Waals surface area (Å²) in [5, 5.41) is 0.732. The summed E-state index contributed by atoms with van der Waals surface area (Å²) < 4.78 is -0.331. The second kappa shape index (κ2) is 3.29. The van der Waals surface area contributed by atoms with Gasteiger partial charge in [-0.2, -0.15) is 0 Å². The highest BCUT2D eigenvalue weighted by molar-refractivity contribution is 14.1. The van der Waals surface area contributed by atoms with E-state index in [-0.39, 0.29) is 3.55 Å². The molecule has 0 aliphatic heterocycles. The second-order valence-corrected chi connectivity index (χ2v) is 5.26. The molecule has 0 radical (unpaired) electrons. The fourth-order valence-electron chi connectivity index (χ4n) is 0.793. The molecule has 0 fully saturated rings. The number of halogens is 2. The van der Waals surface area contributed by atoms with E-state index < -0.39 is 0 Å². The van der Waals surface area contributed by atoms with Gasteiger partial charge >= 0.3 is 0 Å². The first kappa shape index (κ1) is 9.29. The summed E-state index contributed by atoms with van der Waals surface area (Å²) in [6.07, 6.45) is 0. The van der Waals surface area contributed by atoms with Crippen LogP contribution in [0.15, 0.2) is 24.3 Å². The third-order valence-corrected chi connectivity index (χ3v) is 2.25. The maximum atomic E-state index is 5.85. The molecule has 1 atom stereocenters. The molecule has 60 valence electrons. The van der Waals surface area contributed by atoms with E-state index in [1.807, 2.05) is 31.2 Å². The van der Waals surface area contributed by atoms with Crippen LogP contribution in [0.1, 0.15) is 12.5 Å². The van der Waals surface area contributed by atoms with Crippen molar-refractivity contribution in [1.29, 1.82) is 0 Å². The lowest BCUT2D eigenvalue weighted by atomic mass is 10.1. The number of alkyl halides is 1. The SMILES string of the molecule is CC(N)(I)c1cccc(Cl)c1. The van der Waals surface area contributed by atoms with Gasteiger partial charge in [-0.05, 0) is 24.6 Å². The highest BCUT2D eigenvalue weighted by atomic mass is 127. The Bertz CT molecular complexity index is 255. The van der Waals surface area contributed by atoms with E-state index in [4.69, 9.17) is 17.3 Å². The summed E-state index contributed by atoms with van der Waals surface area (Å²) in [4.78, 5) is 0. The molecule has 1 aromatic rings. The Morgan fingerprint density at radius 3 is 2.55 bits per heavy atom. The van der Waals surface area contributed by atoms with E-state index >= 15 is 0 Å². The molecule has 1 aromatic carbocycles. The Labute approximate surface area is 85.1 Å². The molecular formula is C8H9ClIN. The van der Waals surface area contributed by atoms with Crippen molar-refractivity contribution >= 4 is 34.2 Å². The second-order valence-electron chi connectivity index (χ2n) is 2.59. The lowest BCUT2D eigenvalue weighted by Crippen LogP contribution is -2.24. The number of rotatable bonds is 1. The topological polar surface area (TPSA) is 26.0 Å². The molecule has 1 rings (SSSR count). The molecule has 11 heavy (non-hydrogen) atoms. The highest BCUT2D eigenvalue weighted by Gasteiger charge is 2.15. The predicted octanol–water partition coefficient (Wildman–Crippen LogP) is 2.91. The minimum Gasteiger partial charge on any atom is -0.313 e. The van der Waals surface area contributed by atoms with E-state index in [0.29, 0.717) is 0 Å². The molecule has 0 bridgehead atoms. The van der Waals surface area contributed by atoms with Crippen LogP contribution in [0.2, 0.25) is 5.02 Å². The smallest absolute Gasteiger partial charge is 0.0907 e. The molecule has 0 saturated heterocycles. The zero-order valence-electron chi connectivity index (χ0n) is 6.14. The largest absolute Gasteiger partial charge is 0.313 e. The maximum Gasteiger partial charge on any atom is 0.0907 e. The molecule has 2 N–H and O–H groups in total. The van der Waals surface area contributed by atoms with Gasteiger partial charge in [0.05, 0.1) is 3.55 Å². The third kappa shape index (κ3) is 2.61. The van der Waals surface area contributed by atoms with Crippen molar-refractivity contribution in [3.8, 4) is 0 Å². The average Bonchev–Trinajstić information content (AvgIpc) is 1.86. The van der Waals surface area contributed by atoms with Gasteiger partial charge in [-0.15, -0.1) is 0 Å². The first-order chi connectivity index (χ1) is 5.00. The zero-order valence-corrected chi connectivity index (χ0v) is 9.06. The van der Waals surface area contributed by atoms with Crippen LogP contribution < -0.4 is 5.73 Å². The van der Waals surface area contributed by atoms with Gasteiger partial charge in [0.2, 0.25) is 0 Å². The monoisotopic (exact) mass is 281 g/mol. The minimum atomic E-state index is -0.331. The van der Waals surface area contributed by atoms with Crippen LogP contribution in [-0.2, 0) is 3.55 Å². The summed E-state index contributed by atoms with van der Waals surface area (Å²) in [5.41, 5.74) is 6.90. The molecule has 1 nitrogen and oxygen atoms in total. The molecule has 1 unspecified atom stereocenters. The number of hydrogen-bond acceptors (Lipinski definition) is 1. The van der Waals surface area contributed by atoms with Crippen molar-refractivity contribution in [3.05, 3.63) is 34.9 Å². The highest BCUT2D eigenvalue weighted by Crippen LogP contribution is 2.26. The van der Waals surface area contributed by atoms with E-state index in [1.54, 1.807) is 0 Å². The zero-order chi connectivity index (χ0) is 8.48. The molecular weight excluding hydrogens is 272 g/mol. The van der Waals surface area contributed by atoms with Gasteiger partial charge < -0.3 is 5.73 Å². The fraction of sp³-hybridized carbons (Fsp3) is 0.250. The lowest BCUT2D eigenvalue weighted by molar-refractivity contribution is 0.780. The Balaban J connectivity index is 3.06. The summed E-state index contributed by atoms with van der Waals surface area (Å²) in [6.45, 7) is 1.94. The normalized spacial score (nSPS) is 16.0. The average molecular weight is 282 g/mol. The Morgan fingerprint density at radius 2 is 2.18 bits per heavy atom. The van der Waals surface area contributed by atoms with Crippen molar-refractivity contribution in [2.45, 2.75) is 10.5 Å². The van der Waals surface area contributed by atoms with E-state index in [9.17, 15) is 0 Å². The van der Waals surface area contributed by atoms with Crippen LogP contribution in [0.5, 0.6) is 0 Å². The van der Waals surface area contributed by atoms with Gasteiger partial charge in [-0.3, -0.25) is 0 Å². The van der Waals surface area contributed by atoms with Crippen molar-refractivity contribution in [1.82, 2.24) is 0 Å². The van der Waals surface area contributed by atoms with E-state index in [2.05, 4.69) is 22.6 Å². The molecule has 0 heterocycles. The maximum absolute atomic E-state index is 5.85. The van der Waals surface area contributed by atoms with E-state index in [0.717, 1.165) is 10.6 Å². The number of hydrogen-bond donors (Lipinski definition) is 1. The van der Waals surface area contributed by atoms with Crippen LogP contribution >= 0.6 is 34.2 Å². The van der Waals surface area contributed by atoms with Crippen LogP contribution in [-0.4, -0.2) is 0 Å². The molecule has 0 saturated carbocycles. The Morgan fingerprint density at radius 1 is 1.55 bits per heavy atom. The summed E-state index contributed by atoms with van der Waals surface area (Å²) in [5.74, 6) is 0. The van der Waals surface area contributed by atoms with Gasteiger partial charge in [0.15, 0.2) is 0 Å². The molecule has 0 amide bonds. The van der Waals surface area contributed by atoms with Crippen molar-refractivity contribution in [3.63, 3.8) is 0 Å². The van der Waals surface area contributed by atoms with Crippen LogP contribution in [0.4, 0.5) is 0 Å². The van der Waals surface area contributed by atoms with Gasteiger partial charge in [0.1, 0.15) is 0 Å². The quantitative estimate of drug-likeness (QED) is 0.478. The molecule has 0 aliphatic rings. The van der Waals surface area contributed by atoms with Crippen molar-refractivity contribution < 1.29 is 0 Å². The van der Waals surface area contributed by atoms with Gasteiger partial charge in [0.25, 0.3) is 0 Å². The first-order valence-corrected chi connectivity index (χ1v) is 4.69. The molecule has 0 aromatic heterocycles. The number of nitrogens with two attached hydrogens (primary N) is 1. The molecule has 0 aliphatic carbocycles. The van der Waals surface area contributed by atoms with Gasteiger partial charge in [-0.1, -0.05) is 46.3 Å². The predicted molar refractivity (Wildman–Crippen MR) is 57.0 cm³/mol. The summed E-state index contributed by atoms with van der Waals surface area (Å²) in [7, 11) is 0. The number of benzene rings is 1. The van der Waals surface area contributed by atoms with Gasteiger partial charge in [-0.25, -0.2) is 0 Å². The standard InChI is InChI=1S/C8H9ClIN/c1-8(10,11)6-3-2-4-7(9)5-6/h2-5H,11H2,1H3. The van der Waals surface area contributed by atoms with Crippen molar-refractivity contribution in [2.75, 3.05) is 0 Å². The lowest BCUT2D eigenvalue weighted by Gasteiger charge is -2.16. The Hall–Kier alpha value is 0.200. The first-order valence-electron chi connectivity index (χ1n) is 3.24. The van der Waals surface area contributed by atoms with Crippen LogP contribution in [0.3, 0.4) is 0 Å². The minimum absolute atomic E-state index is 0.331. The summed E-state index contributed by atoms with van der Waals surface area (Å²) >= 11 is 7.97. The Kier molecular flexibility index (Phi) is 2.78. The third-order valence-electron chi connectivity index (χ3n) is 1.39. The van der Waals surface area contributed by atoms with Crippen LogP contribution in [0, 0.1) is 0 Å². The van der Waals surface area contributed by atoms with Crippen molar-refractivity contribution in [2.24, 2.45) is 5.73 Å².